The molecule has 94 valence electrons. The predicted molar refractivity (Wildman–Crippen MR) is 73.3 cm³/mol. The second kappa shape index (κ2) is 6.97. The van der Waals surface area contributed by atoms with Crippen LogP contribution in [0, 0.1) is 0 Å². The summed E-state index contributed by atoms with van der Waals surface area (Å²) >= 11 is 3.58. The van der Waals surface area contributed by atoms with Crippen molar-refractivity contribution < 1.29 is 0 Å². The third-order valence-corrected chi connectivity index (χ3v) is 4.44. The van der Waals surface area contributed by atoms with Crippen LogP contribution in [0.15, 0.2) is 0 Å². The van der Waals surface area contributed by atoms with Crippen molar-refractivity contribution in [1.82, 2.24) is 9.80 Å². The molecule has 0 amide bonds. The summed E-state index contributed by atoms with van der Waals surface area (Å²) in [5.41, 5.74) is 0. The Morgan fingerprint density at radius 1 is 1.06 bits per heavy atom. The molecule has 1 heterocycles. The van der Waals surface area contributed by atoms with Crippen LogP contribution in [-0.2, 0) is 0 Å². The molecule has 3 heteroatoms. The first-order chi connectivity index (χ1) is 7.90. The van der Waals surface area contributed by atoms with Crippen LogP contribution in [0.3, 0.4) is 0 Å². The van der Waals surface area contributed by atoms with E-state index in [1.165, 1.54) is 71.2 Å². The molecule has 0 aromatic carbocycles. The first kappa shape index (κ1) is 12.8. The predicted octanol–water partition coefficient (Wildman–Crippen LogP) is 2.72. The molecular weight excluding hydrogens is 264 g/mol. The van der Waals surface area contributed by atoms with E-state index < -0.39 is 0 Å². The SMILES string of the molecule is BrCCN(CCCN1CCCC1)C1CCC1. The molecule has 1 saturated heterocycles. The molecule has 1 aliphatic carbocycles. The summed E-state index contributed by atoms with van der Waals surface area (Å²) in [6.45, 7) is 6.58. The lowest BCUT2D eigenvalue weighted by atomic mass is 9.91. The van der Waals surface area contributed by atoms with E-state index in [1.807, 2.05) is 0 Å². The highest BCUT2D eigenvalue weighted by molar-refractivity contribution is 9.09. The Morgan fingerprint density at radius 3 is 2.38 bits per heavy atom. The molecule has 2 nitrogen and oxygen atoms in total. The lowest BCUT2D eigenvalue weighted by molar-refractivity contribution is 0.129. The number of likely N-dealkylation sites (tertiary alicyclic amines) is 1. The van der Waals surface area contributed by atoms with Gasteiger partial charge in [-0.2, -0.15) is 0 Å². The van der Waals surface area contributed by atoms with Crippen LogP contribution < -0.4 is 0 Å². The molecule has 0 bridgehead atoms. The molecule has 0 aromatic rings. The molecule has 0 aromatic heterocycles. The van der Waals surface area contributed by atoms with Gasteiger partial charge in [0.15, 0.2) is 0 Å². The minimum Gasteiger partial charge on any atom is -0.303 e. The molecule has 1 aliphatic heterocycles. The lowest BCUT2D eigenvalue weighted by Crippen LogP contribution is -2.42. The van der Waals surface area contributed by atoms with Gasteiger partial charge in [0.05, 0.1) is 0 Å². The Kier molecular flexibility index (Phi) is 5.60. The van der Waals surface area contributed by atoms with Gasteiger partial charge in [-0.1, -0.05) is 22.4 Å². The van der Waals surface area contributed by atoms with E-state index in [1.54, 1.807) is 0 Å². The van der Waals surface area contributed by atoms with Crippen molar-refractivity contribution >= 4 is 15.9 Å². The number of hydrogen-bond donors (Lipinski definition) is 0. The van der Waals surface area contributed by atoms with Crippen LogP contribution in [0.1, 0.15) is 38.5 Å². The fraction of sp³-hybridized carbons (Fsp3) is 1.00. The minimum atomic E-state index is 0.913. The van der Waals surface area contributed by atoms with Gasteiger partial charge >= 0.3 is 0 Å². The molecular formula is C13H25BrN2. The largest absolute Gasteiger partial charge is 0.303 e. The highest BCUT2D eigenvalue weighted by atomic mass is 79.9. The van der Waals surface area contributed by atoms with E-state index in [0.717, 1.165) is 11.4 Å². The molecule has 16 heavy (non-hydrogen) atoms. The average Bonchev–Trinajstić information content (AvgIpc) is 2.68. The van der Waals surface area contributed by atoms with Crippen LogP contribution in [0.25, 0.3) is 0 Å². The first-order valence-corrected chi connectivity index (χ1v) is 8.04. The zero-order valence-corrected chi connectivity index (χ0v) is 11.9. The van der Waals surface area contributed by atoms with E-state index in [0.29, 0.717) is 0 Å². The average molecular weight is 289 g/mol. The Labute approximate surface area is 108 Å². The van der Waals surface area contributed by atoms with Crippen molar-refractivity contribution in [2.24, 2.45) is 0 Å². The summed E-state index contributed by atoms with van der Waals surface area (Å²) in [7, 11) is 0. The van der Waals surface area contributed by atoms with Crippen LogP contribution in [-0.4, -0.2) is 53.9 Å². The summed E-state index contributed by atoms with van der Waals surface area (Å²) in [5.74, 6) is 0. The Bertz CT molecular complexity index is 188. The molecule has 1 saturated carbocycles. The van der Waals surface area contributed by atoms with Gasteiger partial charge in [-0.25, -0.2) is 0 Å². The maximum absolute atomic E-state index is 3.58. The Morgan fingerprint density at radius 2 is 1.81 bits per heavy atom. The molecule has 0 unspecified atom stereocenters. The number of hydrogen-bond acceptors (Lipinski definition) is 2. The number of halogens is 1. The third kappa shape index (κ3) is 3.71. The zero-order valence-electron chi connectivity index (χ0n) is 10.3. The van der Waals surface area contributed by atoms with Gasteiger partial charge in [0.1, 0.15) is 0 Å². The summed E-state index contributed by atoms with van der Waals surface area (Å²) < 4.78 is 0. The van der Waals surface area contributed by atoms with E-state index in [4.69, 9.17) is 0 Å². The third-order valence-electron chi connectivity index (χ3n) is 4.08. The molecule has 0 N–H and O–H groups in total. The number of alkyl halides is 1. The number of nitrogens with zero attached hydrogens (tertiary/aromatic N) is 2. The maximum atomic E-state index is 3.58. The second-order valence-electron chi connectivity index (χ2n) is 5.21. The van der Waals surface area contributed by atoms with E-state index in [2.05, 4.69) is 25.7 Å². The van der Waals surface area contributed by atoms with Crippen molar-refractivity contribution in [3.05, 3.63) is 0 Å². The fourth-order valence-electron chi connectivity index (χ4n) is 2.84. The summed E-state index contributed by atoms with van der Waals surface area (Å²) in [6.07, 6.45) is 8.55. The molecule has 0 spiro atoms. The second-order valence-corrected chi connectivity index (χ2v) is 6.00. The maximum Gasteiger partial charge on any atom is 0.0159 e. The van der Waals surface area contributed by atoms with Crippen LogP contribution in [0.5, 0.6) is 0 Å². The molecule has 2 rings (SSSR count). The molecule has 2 fully saturated rings. The van der Waals surface area contributed by atoms with Gasteiger partial charge in [0.25, 0.3) is 0 Å². The number of rotatable bonds is 7. The van der Waals surface area contributed by atoms with Crippen LogP contribution in [0.4, 0.5) is 0 Å². The van der Waals surface area contributed by atoms with Gasteiger partial charge in [-0.15, -0.1) is 0 Å². The first-order valence-electron chi connectivity index (χ1n) is 6.92. The summed E-state index contributed by atoms with van der Waals surface area (Å²) in [5, 5.41) is 1.13. The van der Waals surface area contributed by atoms with Crippen LogP contribution in [0.2, 0.25) is 0 Å². The Hall–Kier alpha value is 0.400. The minimum absolute atomic E-state index is 0.913. The zero-order chi connectivity index (χ0) is 11.2. The lowest BCUT2D eigenvalue weighted by Gasteiger charge is -2.37. The Balaban J connectivity index is 1.60. The quantitative estimate of drug-likeness (QED) is 0.665. The van der Waals surface area contributed by atoms with Crippen molar-refractivity contribution in [1.29, 1.82) is 0 Å². The summed E-state index contributed by atoms with van der Waals surface area (Å²) in [6, 6.07) is 0.913. The summed E-state index contributed by atoms with van der Waals surface area (Å²) in [4.78, 5) is 5.33. The van der Waals surface area contributed by atoms with E-state index in [9.17, 15) is 0 Å². The van der Waals surface area contributed by atoms with Crippen molar-refractivity contribution in [2.75, 3.05) is 38.1 Å². The van der Waals surface area contributed by atoms with Gasteiger partial charge in [0, 0.05) is 17.9 Å². The highest BCUT2D eigenvalue weighted by Crippen LogP contribution is 2.24. The van der Waals surface area contributed by atoms with E-state index >= 15 is 0 Å². The van der Waals surface area contributed by atoms with Gasteiger partial charge in [-0.3, -0.25) is 4.90 Å². The van der Waals surface area contributed by atoms with Gasteiger partial charge in [-0.05, 0) is 58.3 Å². The van der Waals surface area contributed by atoms with Crippen molar-refractivity contribution in [3.63, 3.8) is 0 Å². The monoisotopic (exact) mass is 288 g/mol. The topological polar surface area (TPSA) is 6.48 Å². The van der Waals surface area contributed by atoms with Crippen LogP contribution >= 0.6 is 15.9 Å². The smallest absolute Gasteiger partial charge is 0.0159 e. The van der Waals surface area contributed by atoms with Crippen molar-refractivity contribution in [3.8, 4) is 0 Å². The van der Waals surface area contributed by atoms with E-state index in [-0.39, 0.29) is 0 Å². The normalized spacial score (nSPS) is 22.9. The van der Waals surface area contributed by atoms with Crippen molar-refractivity contribution in [2.45, 2.75) is 44.6 Å². The standard InChI is InChI=1S/C13H25BrN2/c14-7-12-16(13-5-3-6-13)11-4-10-15-8-1-2-9-15/h13H,1-12H2. The van der Waals surface area contributed by atoms with Gasteiger partial charge < -0.3 is 4.90 Å². The fourth-order valence-corrected chi connectivity index (χ4v) is 3.30. The van der Waals surface area contributed by atoms with Gasteiger partial charge in [0.2, 0.25) is 0 Å². The highest BCUT2D eigenvalue weighted by Gasteiger charge is 2.24. The molecule has 0 atom stereocenters. The molecule has 2 aliphatic rings. The molecule has 0 radical (unpaired) electrons.